The Morgan fingerprint density at radius 2 is 1.81 bits per heavy atom. The van der Waals surface area contributed by atoms with E-state index in [1.807, 2.05) is 0 Å². The number of nitrogens with one attached hydrogen (secondary N) is 1. The molecule has 2 aromatic carbocycles. The van der Waals surface area contributed by atoms with Gasteiger partial charge >= 0.3 is 6.03 Å². The van der Waals surface area contributed by atoms with Crippen LogP contribution in [0.5, 0.6) is 11.5 Å². The van der Waals surface area contributed by atoms with Gasteiger partial charge in [-0.05, 0) is 48.0 Å². The van der Waals surface area contributed by atoms with Crippen molar-refractivity contribution in [3.05, 3.63) is 58.6 Å². The molecule has 1 aliphatic heterocycles. The first-order valence-corrected chi connectivity index (χ1v) is 7.82. The standard InChI is InChI=1S/C18H13ClN2O5/c1-26-15-7-2-10(9-14(15)19)8-13-16(23)20-18(25)21(17(13)24)11-3-5-12(22)6-4-11/h2-9,22H,1H3,(H,20,23,25)/b13-8+. The molecule has 1 heterocycles. The quantitative estimate of drug-likeness (QED) is 0.638. The predicted molar refractivity (Wildman–Crippen MR) is 95.1 cm³/mol. The van der Waals surface area contributed by atoms with E-state index in [-0.39, 0.29) is 17.0 Å². The SMILES string of the molecule is COc1ccc(/C=C2\C(=O)NC(=O)N(c3ccc(O)cc3)C2=O)cc1Cl. The summed E-state index contributed by atoms with van der Waals surface area (Å²) in [5.41, 5.74) is 0.490. The first-order valence-electron chi connectivity index (χ1n) is 7.44. The van der Waals surface area contributed by atoms with E-state index in [1.165, 1.54) is 43.5 Å². The second-order valence-corrected chi connectivity index (χ2v) is 5.78. The highest BCUT2D eigenvalue weighted by atomic mass is 35.5. The Bertz CT molecular complexity index is 937. The van der Waals surface area contributed by atoms with Crippen molar-refractivity contribution in [1.82, 2.24) is 5.32 Å². The Morgan fingerprint density at radius 3 is 2.42 bits per heavy atom. The fourth-order valence-electron chi connectivity index (χ4n) is 2.43. The van der Waals surface area contributed by atoms with Crippen LogP contribution in [0.15, 0.2) is 48.0 Å². The lowest BCUT2D eigenvalue weighted by Crippen LogP contribution is -2.54. The molecule has 0 bridgehead atoms. The van der Waals surface area contributed by atoms with Gasteiger partial charge in [0, 0.05) is 0 Å². The Kier molecular flexibility index (Phi) is 4.64. The Hall–Kier alpha value is -3.32. The van der Waals surface area contributed by atoms with Crippen LogP contribution in [0, 0.1) is 0 Å². The number of imide groups is 2. The lowest BCUT2D eigenvalue weighted by atomic mass is 10.1. The number of hydrogen-bond acceptors (Lipinski definition) is 5. The molecule has 2 aromatic rings. The van der Waals surface area contributed by atoms with Crippen molar-refractivity contribution in [2.75, 3.05) is 12.0 Å². The highest BCUT2D eigenvalue weighted by molar-refractivity contribution is 6.39. The maximum absolute atomic E-state index is 12.7. The Balaban J connectivity index is 1.99. The molecule has 0 aromatic heterocycles. The largest absolute Gasteiger partial charge is 0.508 e. The summed E-state index contributed by atoms with van der Waals surface area (Å²) in [7, 11) is 1.47. The minimum absolute atomic E-state index is 0.0154. The number of phenolic OH excluding ortho intramolecular Hbond substituents is 1. The van der Waals surface area contributed by atoms with E-state index in [1.54, 1.807) is 12.1 Å². The number of carbonyl (C=O) groups is 3. The maximum atomic E-state index is 12.7. The number of ether oxygens (including phenoxy) is 1. The zero-order valence-corrected chi connectivity index (χ0v) is 14.3. The number of methoxy groups -OCH3 is 1. The van der Waals surface area contributed by atoms with Gasteiger partial charge in [0.05, 0.1) is 17.8 Å². The summed E-state index contributed by atoms with van der Waals surface area (Å²) < 4.78 is 5.06. The zero-order chi connectivity index (χ0) is 18.8. The van der Waals surface area contributed by atoms with Gasteiger partial charge in [0.15, 0.2) is 0 Å². The number of hydrogen-bond donors (Lipinski definition) is 2. The van der Waals surface area contributed by atoms with Crippen molar-refractivity contribution in [3.8, 4) is 11.5 Å². The number of barbiturate groups is 1. The monoisotopic (exact) mass is 372 g/mol. The normalized spacial score (nSPS) is 16.0. The molecule has 1 fully saturated rings. The topological polar surface area (TPSA) is 95.9 Å². The van der Waals surface area contributed by atoms with Gasteiger partial charge < -0.3 is 9.84 Å². The molecular formula is C18H13ClN2O5. The minimum Gasteiger partial charge on any atom is -0.508 e. The highest BCUT2D eigenvalue weighted by Gasteiger charge is 2.36. The zero-order valence-electron chi connectivity index (χ0n) is 13.5. The van der Waals surface area contributed by atoms with Crippen molar-refractivity contribution in [1.29, 1.82) is 0 Å². The molecule has 2 N–H and O–H groups in total. The van der Waals surface area contributed by atoms with Crippen LogP contribution in [0.3, 0.4) is 0 Å². The average molecular weight is 373 g/mol. The summed E-state index contributed by atoms with van der Waals surface area (Å²) >= 11 is 6.05. The van der Waals surface area contributed by atoms with Crippen molar-refractivity contribution in [3.63, 3.8) is 0 Å². The lowest BCUT2D eigenvalue weighted by Gasteiger charge is -2.26. The average Bonchev–Trinajstić information content (AvgIpc) is 2.60. The first-order chi connectivity index (χ1) is 12.4. The number of rotatable bonds is 3. The van der Waals surface area contributed by atoms with Gasteiger partial charge in [0.2, 0.25) is 0 Å². The molecule has 0 aliphatic carbocycles. The fourth-order valence-corrected chi connectivity index (χ4v) is 2.70. The van der Waals surface area contributed by atoms with Gasteiger partial charge in [-0.25, -0.2) is 9.69 Å². The van der Waals surface area contributed by atoms with Crippen LogP contribution in [0.4, 0.5) is 10.5 Å². The van der Waals surface area contributed by atoms with Crippen molar-refractivity contribution in [2.24, 2.45) is 0 Å². The summed E-state index contributed by atoms with van der Waals surface area (Å²) in [6, 6.07) is 9.35. The summed E-state index contributed by atoms with van der Waals surface area (Å²) in [4.78, 5) is 37.7. The van der Waals surface area contributed by atoms with E-state index in [2.05, 4.69) is 5.32 Å². The smallest absolute Gasteiger partial charge is 0.335 e. The fraction of sp³-hybridized carbons (Fsp3) is 0.0556. The Labute approximate surface area is 153 Å². The number of phenols is 1. The van der Waals surface area contributed by atoms with Crippen molar-refractivity contribution >= 4 is 41.2 Å². The summed E-state index contributed by atoms with van der Waals surface area (Å²) in [6.07, 6.45) is 1.34. The number of carbonyl (C=O) groups excluding carboxylic acids is 3. The van der Waals surface area contributed by atoms with Gasteiger partial charge in [-0.15, -0.1) is 0 Å². The van der Waals surface area contributed by atoms with Gasteiger partial charge in [-0.3, -0.25) is 14.9 Å². The molecule has 1 aliphatic rings. The second kappa shape index (κ2) is 6.89. The molecule has 0 saturated carbocycles. The molecule has 4 amide bonds. The number of urea groups is 1. The second-order valence-electron chi connectivity index (χ2n) is 5.37. The summed E-state index contributed by atoms with van der Waals surface area (Å²) in [5, 5.41) is 11.8. The third-order valence-electron chi connectivity index (χ3n) is 3.70. The molecule has 8 heteroatoms. The summed E-state index contributed by atoms with van der Waals surface area (Å²) in [6.45, 7) is 0. The van der Waals surface area contributed by atoms with Gasteiger partial charge in [-0.1, -0.05) is 17.7 Å². The number of anilines is 1. The van der Waals surface area contributed by atoms with Crippen LogP contribution in [-0.2, 0) is 9.59 Å². The van der Waals surface area contributed by atoms with Gasteiger partial charge in [0.1, 0.15) is 17.1 Å². The van der Waals surface area contributed by atoms with E-state index < -0.39 is 17.8 Å². The Morgan fingerprint density at radius 1 is 1.12 bits per heavy atom. The maximum Gasteiger partial charge on any atom is 0.335 e. The van der Waals surface area contributed by atoms with Crippen molar-refractivity contribution in [2.45, 2.75) is 0 Å². The predicted octanol–water partition coefficient (Wildman–Crippen LogP) is 2.72. The van der Waals surface area contributed by atoms with Crippen LogP contribution in [-0.4, -0.2) is 30.1 Å². The number of aromatic hydroxyl groups is 1. The van der Waals surface area contributed by atoms with E-state index in [0.29, 0.717) is 16.3 Å². The summed E-state index contributed by atoms with van der Waals surface area (Å²) in [5.74, 6) is -1.15. The molecule has 1 saturated heterocycles. The van der Waals surface area contributed by atoms with Crippen LogP contribution >= 0.6 is 11.6 Å². The molecule has 7 nitrogen and oxygen atoms in total. The molecule has 132 valence electrons. The molecule has 3 rings (SSSR count). The van der Waals surface area contributed by atoms with Crippen LogP contribution in [0.2, 0.25) is 5.02 Å². The number of amides is 4. The highest BCUT2D eigenvalue weighted by Crippen LogP contribution is 2.27. The number of benzene rings is 2. The third kappa shape index (κ3) is 3.25. The molecular weight excluding hydrogens is 360 g/mol. The van der Waals surface area contributed by atoms with Crippen molar-refractivity contribution < 1.29 is 24.2 Å². The molecule has 0 spiro atoms. The van der Waals surface area contributed by atoms with E-state index in [9.17, 15) is 19.5 Å². The molecule has 26 heavy (non-hydrogen) atoms. The van der Waals surface area contributed by atoms with E-state index in [0.717, 1.165) is 4.90 Å². The number of nitrogens with zero attached hydrogens (tertiary/aromatic N) is 1. The van der Waals surface area contributed by atoms with E-state index >= 15 is 0 Å². The molecule has 0 radical (unpaired) electrons. The molecule has 0 atom stereocenters. The van der Waals surface area contributed by atoms with Crippen LogP contribution in [0.25, 0.3) is 6.08 Å². The first kappa shape index (κ1) is 17.5. The third-order valence-corrected chi connectivity index (χ3v) is 3.99. The van der Waals surface area contributed by atoms with Gasteiger partial charge in [0.25, 0.3) is 11.8 Å². The molecule has 0 unspecified atom stereocenters. The minimum atomic E-state index is -0.865. The lowest BCUT2D eigenvalue weighted by molar-refractivity contribution is -0.122. The van der Waals surface area contributed by atoms with Crippen LogP contribution in [0.1, 0.15) is 5.56 Å². The van der Waals surface area contributed by atoms with Gasteiger partial charge in [-0.2, -0.15) is 0 Å². The number of halogens is 1. The van der Waals surface area contributed by atoms with E-state index in [4.69, 9.17) is 16.3 Å². The van der Waals surface area contributed by atoms with Crippen LogP contribution < -0.4 is 15.0 Å².